The zero-order valence-electron chi connectivity index (χ0n) is 13.3. The predicted octanol–water partition coefficient (Wildman–Crippen LogP) is 3.90. The summed E-state index contributed by atoms with van der Waals surface area (Å²) in [6.45, 7) is 4.04. The maximum Gasteiger partial charge on any atom is 0.260 e. The molecule has 116 valence electrons. The molecule has 3 nitrogen and oxygen atoms in total. The van der Waals surface area contributed by atoms with Gasteiger partial charge >= 0.3 is 0 Å². The van der Waals surface area contributed by atoms with Crippen LogP contribution in [0.4, 0.5) is 5.69 Å². The van der Waals surface area contributed by atoms with Gasteiger partial charge in [-0.25, -0.2) is 0 Å². The Morgan fingerprint density at radius 1 is 0.870 bits per heavy atom. The zero-order valence-corrected chi connectivity index (χ0v) is 13.3. The number of hydrogen-bond acceptors (Lipinski definition) is 2. The van der Waals surface area contributed by atoms with Crippen molar-refractivity contribution in [2.24, 2.45) is 0 Å². The average Bonchev–Trinajstić information content (AvgIpc) is 3.11. The number of aromatic nitrogens is 1. The van der Waals surface area contributed by atoms with Crippen LogP contribution in [0.1, 0.15) is 18.4 Å². The molecule has 1 aromatic heterocycles. The molecule has 0 bridgehead atoms. The molecule has 2 aromatic carbocycles. The van der Waals surface area contributed by atoms with Gasteiger partial charge in [-0.1, -0.05) is 36.4 Å². The molecule has 0 unspecified atom stereocenters. The number of benzene rings is 2. The summed E-state index contributed by atoms with van der Waals surface area (Å²) in [5.74, 6) is 0. The highest BCUT2D eigenvalue weighted by Crippen LogP contribution is 2.31. The number of fused-ring (bicyclic) bond motifs is 1. The third-order valence-electron chi connectivity index (χ3n) is 4.72. The highest BCUT2D eigenvalue weighted by Gasteiger charge is 2.21. The predicted molar refractivity (Wildman–Crippen MR) is 95.7 cm³/mol. The average molecular weight is 304 g/mol. The Kier molecular flexibility index (Phi) is 3.41. The Morgan fingerprint density at radius 2 is 1.52 bits per heavy atom. The lowest BCUT2D eigenvalue weighted by molar-refractivity contribution is 0.944. The molecule has 23 heavy (non-hydrogen) atoms. The van der Waals surface area contributed by atoms with E-state index < -0.39 is 0 Å². The molecule has 0 amide bonds. The Bertz CT molecular complexity index is 906. The molecular formula is C20H20N2O. The van der Waals surface area contributed by atoms with Crippen molar-refractivity contribution >= 4 is 16.6 Å². The van der Waals surface area contributed by atoms with Crippen molar-refractivity contribution in [1.29, 1.82) is 0 Å². The minimum atomic E-state index is 0.0804. The summed E-state index contributed by atoms with van der Waals surface area (Å²) in [6, 6.07) is 18.1. The first-order valence-corrected chi connectivity index (χ1v) is 8.22. The lowest BCUT2D eigenvalue weighted by Gasteiger charge is -2.24. The summed E-state index contributed by atoms with van der Waals surface area (Å²) in [5.41, 5.74) is 3.95. The van der Waals surface area contributed by atoms with E-state index in [9.17, 15) is 4.79 Å². The van der Waals surface area contributed by atoms with Gasteiger partial charge in [0.05, 0.1) is 11.2 Å². The van der Waals surface area contributed by atoms with Gasteiger partial charge in [0.2, 0.25) is 0 Å². The van der Waals surface area contributed by atoms with Crippen LogP contribution in [0.15, 0.2) is 59.4 Å². The molecule has 0 spiro atoms. The molecular weight excluding hydrogens is 284 g/mol. The second-order valence-corrected chi connectivity index (χ2v) is 6.16. The maximum atomic E-state index is 13.1. The van der Waals surface area contributed by atoms with Crippen molar-refractivity contribution in [3.05, 3.63) is 70.5 Å². The Balaban J connectivity index is 2.08. The number of rotatable bonds is 2. The number of nitrogens with zero attached hydrogens (tertiary/aromatic N) is 2. The van der Waals surface area contributed by atoms with Crippen LogP contribution in [0.3, 0.4) is 0 Å². The van der Waals surface area contributed by atoms with Gasteiger partial charge in [-0.05, 0) is 38.0 Å². The molecule has 3 aromatic rings. The first-order valence-electron chi connectivity index (χ1n) is 8.22. The highest BCUT2D eigenvalue weighted by atomic mass is 16.1. The molecule has 2 heterocycles. The Hall–Kier alpha value is -2.55. The third kappa shape index (κ3) is 2.24. The van der Waals surface area contributed by atoms with E-state index in [2.05, 4.69) is 17.0 Å². The van der Waals surface area contributed by atoms with Gasteiger partial charge < -0.3 is 4.90 Å². The quantitative estimate of drug-likeness (QED) is 0.717. The number of anilines is 1. The van der Waals surface area contributed by atoms with E-state index >= 15 is 0 Å². The standard InChI is InChI=1S/C20H20N2O/c1-15-19(21-13-7-8-14-21)17-11-5-6-12-18(17)22(20(15)23)16-9-3-2-4-10-16/h2-6,9-12H,7-8,13-14H2,1H3. The zero-order chi connectivity index (χ0) is 15.8. The molecule has 1 aliphatic heterocycles. The van der Waals surface area contributed by atoms with Gasteiger partial charge in [0, 0.05) is 29.7 Å². The van der Waals surface area contributed by atoms with Crippen LogP contribution in [0.5, 0.6) is 0 Å². The van der Waals surface area contributed by atoms with Crippen LogP contribution < -0.4 is 10.5 Å². The van der Waals surface area contributed by atoms with Crippen molar-refractivity contribution < 1.29 is 0 Å². The van der Waals surface area contributed by atoms with Gasteiger partial charge in [0.15, 0.2) is 0 Å². The van der Waals surface area contributed by atoms with Crippen molar-refractivity contribution in [2.75, 3.05) is 18.0 Å². The highest BCUT2D eigenvalue weighted by molar-refractivity contribution is 5.94. The van der Waals surface area contributed by atoms with Gasteiger partial charge in [-0.3, -0.25) is 9.36 Å². The van der Waals surface area contributed by atoms with E-state index in [0.717, 1.165) is 40.9 Å². The third-order valence-corrected chi connectivity index (χ3v) is 4.72. The van der Waals surface area contributed by atoms with Crippen molar-refractivity contribution in [1.82, 2.24) is 4.57 Å². The van der Waals surface area contributed by atoms with Crippen molar-refractivity contribution in [3.63, 3.8) is 0 Å². The number of para-hydroxylation sites is 2. The van der Waals surface area contributed by atoms with Crippen LogP contribution in [0.2, 0.25) is 0 Å². The lowest BCUT2D eigenvalue weighted by atomic mass is 10.1. The first-order chi connectivity index (χ1) is 11.3. The van der Waals surface area contributed by atoms with Crippen LogP contribution >= 0.6 is 0 Å². The summed E-state index contributed by atoms with van der Waals surface area (Å²) in [7, 11) is 0. The van der Waals surface area contributed by atoms with Crippen LogP contribution in [-0.4, -0.2) is 17.7 Å². The van der Waals surface area contributed by atoms with Crippen LogP contribution in [0, 0.1) is 6.92 Å². The fourth-order valence-corrected chi connectivity index (χ4v) is 3.63. The number of pyridine rings is 1. The van der Waals surface area contributed by atoms with Gasteiger partial charge in [0.1, 0.15) is 0 Å². The van der Waals surface area contributed by atoms with Crippen LogP contribution in [0.25, 0.3) is 16.6 Å². The summed E-state index contributed by atoms with van der Waals surface area (Å²) in [6.07, 6.45) is 2.41. The second-order valence-electron chi connectivity index (χ2n) is 6.16. The van der Waals surface area contributed by atoms with E-state index in [-0.39, 0.29) is 5.56 Å². The smallest absolute Gasteiger partial charge is 0.260 e. The van der Waals surface area contributed by atoms with Gasteiger partial charge in [-0.2, -0.15) is 0 Å². The van der Waals surface area contributed by atoms with Gasteiger partial charge in [-0.15, -0.1) is 0 Å². The van der Waals surface area contributed by atoms with Crippen molar-refractivity contribution in [2.45, 2.75) is 19.8 Å². The topological polar surface area (TPSA) is 25.2 Å². The number of hydrogen-bond donors (Lipinski definition) is 0. The molecule has 1 fully saturated rings. The summed E-state index contributed by atoms with van der Waals surface area (Å²) in [4.78, 5) is 15.5. The Labute approximate surface area is 135 Å². The lowest BCUT2D eigenvalue weighted by Crippen LogP contribution is -2.27. The largest absolute Gasteiger partial charge is 0.371 e. The second kappa shape index (κ2) is 5.58. The maximum absolute atomic E-state index is 13.1. The van der Waals surface area contributed by atoms with E-state index in [1.54, 1.807) is 0 Å². The monoisotopic (exact) mass is 304 g/mol. The molecule has 4 rings (SSSR count). The SMILES string of the molecule is Cc1c(N2CCCC2)c2ccccc2n(-c2ccccc2)c1=O. The fraction of sp³-hybridized carbons (Fsp3) is 0.250. The molecule has 0 radical (unpaired) electrons. The molecule has 3 heteroatoms. The van der Waals surface area contributed by atoms with Crippen molar-refractivity contribution in [3.8, 4) is 5.69 Å². The summed E-state index contributed by atoms with van der Waals surface area (Å²) in [5, 5.41) is 1.16. The Morgan fingerprint density at radius 3 is 2.26 bits per heavy atom. The molecule has 1 aliphatic rings. The minimum Gasteiger partial charge on any atom is -0.371 e. The first kappa shape index (κ1) is 14.1. The van der Waals surface area contributed by atoms with E-state index in [4.69, 9.17) is 0 Å². The molecule has 0 atom stereocenters. The van der Waals surface area contributed by atoms with E-state index in [1.807, 2.05) is 54.0 Å². The molecule has 1 saturated heterocycles. The summed E-state index contributed by atoms with van der Waals surface area (Å²) < 4.78 is 1.84. The normalized spacial score (nSPS) is 14.6. The summed E-state index contributed by atoms with van der Waals surface area (Å²) >= 11 is 0. The molecule has 0 saturated carbocycles. The van der Waals surface area contributed by atoms with Crippen LogP contribution in [-0.2, 0) is 0 Å². The fourth-order valence-electron chi connectivity index (χ4n) is 3.63. The minimum absolute atomic E-state index is 0.0804. The molecule has 0 N–H and O–H groups in total. The van der Waals surface area contributed by atoms with E-state index in [0.29, 0.717) is 0 Å². The van der Waals surface area contributed by atoms with E-state index in [1.165, 1.54) is 12.8 Å². The molecule has 0 aliphatic carbocycles. The van der Waals surface area contributed by atoms with Gasteiger partial charge in [0.25, 0.3) is 5.56 Å².